The van der Waals surface area contributed by atoms with E-state index in [0.717, 1.165) is 31.4 Å². The Hall–Kier alpha value is -0.910. The molecule has 0 saturated heterocycles. The van der Waals surface area contributed by atoms with Gasteiger partial charge in [0.2, 0.25) is 0 Å². The zero-order valence-electron chi connectivity index (χ0n) is 13.9. The number of aromatic nitrogens is 2. The fourth-order valence-corrected chi connectivity index (χ4v) is 3.73. The smallest absolute Gasteiger partial charge is 0.0850 e. The lowest BCUT2D eigenvalue weighted by Crippen LogP contribution is -2.57. The standard InChI is InChI=1S/C16H30N4O/c1-5-13-9-14(20(3)19-13)10-15(18-17)16(21-4)8-6-7-12(2)11-16/h9,12,15,18H,5-8,10-11,17H2,1-4H3. The fourth-order valence-electron chi connectivity index (χ4n) is 3.73. The minimum Gasteiger partial charge on any atom is -0.377 e. The van der Waals surface area contributed by atoms with Crippen LogP contribution in [0.15, 0.2) is 6.07 Å². The van der Waals surface area contributed by atoms with E-state index in [-0.39, 0.29) is 11.6 Å². The first-order valence-corrected chi connectivity index (χ1v) is 8.07. The Balaban J connectivity index is 2.19. The van der Waals surface area contributed by atoms with Gasteiger partial charge in [-0.15, -0.1) is 0 Å². The summed E-state index contributed by atoms with van der Waals surface area (Å²) in [6.07, 6.45) is 6.44. The van der Waals surface area contributed by atoms with Gasteiger partial charge in [-0.3, -0.25) is 16.0 Å². The van der Waals surface area contributed by atoms with Gasteiger partial charge >= 0.3 is 0 Å². The third-order valence-corrected chi connectivity index (χ3v) is 5.04. The molecule has 0 aliphatic heterocycles. The van der Waals surface area contributed by atoms with Crippen LogP contribution in [0.1, 0.15) is 50.9 Å². The summed E-state index contributed by atoms with van der Waals surface area (Å²) < 4.78 is 7.95. The van der Waals surface area contributed by atoms with Crippen molar-refractivity contribution in [2.75, 3.05) is 7.11 Å². The summed E-state index contributed by atoms with van der Waals surface area (Å²) in [6, 6.07) is 2.30. The Morgan fingerprint density at radius 3 is 2.90 bits per heavy atom. The highest BCUT2D eigenvalue weighted by molar-refractivity contribution is 5.13. The fraction of sp³-hybridized carbons (Fsp3) is 0.812. The maximum Gasteiger partial charge on any atom is 0.0850 e. The Kier molecular flexibility index (Phi) is 5.41. The molecule has 5 heteroatoms. The molecule has 3 N–H and O–H groups in total. The van der Waals surface area contributed by atoms with E-state index in [4.69, 9.17) is 10.6 Å². The molecule has 2 rings (SSSR count). The number of ether oxygens (including phenoxy) is 1. The Bertz CT molecular complexity index is 459. The molecule has 0 amide bonds. The maximum atomic E-state index is 5.98. The van der Waals surface area contributed by atoms with Crippen LogP contribution in [0.4, 0.5) is 0 Å². The highest BCUT2D eigenvalue weighted by Crippen LogP contribution is 2.38. The average Bonchev–Trinajstić information content (AvgIpc) is 2.84. The molecule has 1 heterocycles. The summed E-state index contributed by atoms with van der Waals surface area (Å²) in [6.45, 7) is 4.43. The molecule has 0 bridgehead atoms. The molecule has 21 heavy (non-hydrogen) atoms. The van der Waals surface area contributed by atoms with Crippen molar-refractivity contribution in [3.05, 3.63) is 17.5 Å². The number of rotatable bonds is 6. The van der Waals surface area contributed by atoms with Crippen LogP contribution in [0.3, 0.4) is 0 Å². The first-order valence-electron chi connectivity index (χ1n) is 8.07. The second kappa shape index (κ2) is 6.90. The average molecular weight is 294 g/mol. The Morgan fingerprint density at radius 2 is 2.38 bits per heavy atom. The van der Waals surface area contributed by atoms with Crippen molar-refractivity contribution in [1.82, 2.24) is 15.2 Å². The third-order valence-electron chi connectivity index (χ3n) is 5.04. The SMILES string of the molecule is CCc1cc(CC(NN)C2(OC)CCCC(C)C2)n(C)n1. The topological polar surface area (TPSA) is 65.1 Å². The summed E-state index contributed by atoms with van der Waals surface area (Å²) in [5.41, 5.74) is 5.20. The second-order valence-corrected chi connectivity index (χ2v) is 6.50. The van der Waals surface area contributed by atoms with Gasteiger partial charge in [0.15, 0.2) is 0 Å². The molecule has 5 nitrogen and oxygen atoms in total. The van der Waals surface area contributed by atoms with Crippen LogP contribution in [0.2, 0.25) is 0 Å². The van der Waals surface area contributed by atoms with E-state index in [9.17, 15) is 0 Å². The van der Waals surface area contributed by atoms with Crippen molar-refractivity contribution in [1.29, 1.82) is 0 Å². The van der Waals surface area contributed by atoms with E-state index in [0.29, 0.717) is 5.92 Å². The van der Waals surface area contributed by atoms with Crippen LogP contribution < -0.4 is 11.3 Å². The van der Waals surface area contributed by atoms with E-state index in [1.54, 1.807) is 0 Å². The van der Waals surface area contributed by atoms with Crippen molar-refractivity contribution in [2.24, 2.45) is 18.8 Å². The molecule has 120 valence electrons. The quantitative estimate of drug-likeness (QED) is 0.622. The van der Waals surface area contributed by atoms with Crippen molar-refractivity contribution in [3.63, 3.8) is 0 Å². The van der Waals surface area contributed by atoms with Gasteiger partial charge in [0.25, 0.3) is 0 Å². The minimum absolute atomic E-state index is 0.116. The molecule has 1 fully saturated rings. The van der Waals surface area contributed by atoms with E-state index >= 15 is 0 Å². The highest BCUT2D eigenvalue weighted by atomic mass is 16.5. The molecule has 0 aromatic carbocycles. The van der Waals surface area contributed by atoms with Gasteiger partial charge < -0.3 is 4.74 Å². The summed E-state index contributed by atoms with van der Waals surface area (Å²) >= 11 is 0. The number of hydrogen-bond donors (Lipinski definition) is 2. The predicted molar refractivity (Wildman–Crippen MR) is 84.8 cm³/mol. The molecular formula is C16H30N4O. The number of nitrogens with zero attached hydrogens (tertiary/aromatic N) is 2. The number of nitrogens with two attached hydrogens (primary N) is 1. The number of nitrogens with one attached hydrogen (secondary N) is 1. The molecule has 1 aliphatic rings. The number of hydrogen-bond acceptors (Lipinski definition) is 4. The molecule has 1 aromatic rings. The van der Waals surface area contributed by atoms with Crippen LogP contribution in [0.5, 0.6) is 0 Å². The number of hydrazine groups is 1. The Labute approximate surface area is 128 Å². The maximum absolute atomic E-state index is 5.98. The first-order chi connectivity index (χ1) is 10.0. The van der Waals surface area contributed by atoms with E-state index in [1.807, 2.05) is 18.8 Å². The molecule has 3 unspecified atom stereocenters. The van der Waals surface area contributed by atoms with Crippen LogP contribution in [0, 0.1) is 5.92 Å². The van der Waals surface area contributed by atoms with Gasteiger partial charge in [-0.2, -0.15) is 5.10 Å². The highest BCUT2D eigenvalue weighted by Gasteiger charge is 2.42. The molecule has 1 aromatic heterocycles. The van der Waals surface area contributed by atoms with E-state index < -0.39 is 0 Å². The molecular weight excluding hydrogens is 264 g/mol. The van der Waals surface area contributed by atoms with Crippen LogP contribution in [-0.2, 0) is 24.6 Å². The van der Waals surface area contributed by atoms with Crippen molar-refractivity contribution in [2.45, 2.75) is 64.0 Å². The van der Waals surface area contributed by atoms with Crippen LogP contribution in [-0.4, -0.2) is 28.5 Å². The third kappa shape index (κ3) is 3.47. The minimum atomic E-state index is -0.164. The normalized spacial score (nSPS) is 27.8. The molecule has 0 radical (unpaired) electrons. The van der Waals surface area contributed by atoms with Crippen LogP contribution >= 0.6 is 0 Å². The summed E-state index contributed by atoms with van der Waals surface area (Å²) in [4.78, 5) is 0. The lowest BCUT2D eigenvalue weighted by Gasteiger charge is -2.44. The van der Waals surface area contributed by atoms with E-state index in [2.05, 4.69) is 30.4 Å². The lowest BCUT2D eigenvalue weighted by molar-refractivity contribution is -0.0794. The number of aryl methyl sites for hydroxylation is 2. The van der Waals surface area contributed by atoms with Gasteiger partial charge in [0.05, 0.1) is 17.3 Å². The van der Waals surface area contributed by atoms with Gasteiger partial charge in [-0.05, 0) is 31.2 Å². The van der Waals surface area contributed by atoms with Gasteiger partial charge in [0.1, 0.15) is 0 Å². The zero-order valence-corrected chi connectivity index (χ0v) is 13.9. The molecule has 1 aliphatic carbocycles. The monoisotopic (exact) mass is 294 g/mol. The van der Waals surface area contributed by atoms with Gasteiger partial charge in [-0.25, -0.2) is 0 Å². The molecule has 1 saturated carbocycles. The van der Waals surface area contributed by atoms with E-state index in [1.165, 1.54) is 18.5 Å². The predicted octanol–water partition coefficient (Wildman–Crippen LogP) is 1.95. The summed E-state index contributed by atoms with van der Waals surface area (Å²) in [5.74, 6) is 6.57. The van der Waals surface area contributed by atoms with Crippen molar-refractivity contribution >= 4 is 0 Å². The van der Waals surface area contributed by atoms with Crippen LogP contribution in [0.25, 0.3) is 0 Å². The first kappa shape index (κ1) is 16.5. The largest absolute Gasteiger partial charge is 0.377 e. The van der Waals surface area contributed by atoms with Gasteiger partial charge in [-0.1, -0.05) is 26.7 Å². The molecule has 3 atom stereocenters. The second-order valence-electron chi connectivity index (χ2n) is 6.50. The summed E-state index contributed by atoms with van der Waals surface area (Å²) in [7, 11) is 3.83. The Morgan fingerprint density at radius 1 is 1.62 bits per heavy atom. The lowest BCUT2D eigenvalue weighted by atomic mass is 9.73. The van der Waals surface area contributed by atoms with Gasteiger partial charge in [0, 0.05) is 26.3 Å². The van der Waals surface area contributed by atoms with Crippen molar-refractivity contribution in [3.8, 4) is 0 Å². The number of methoxy groups -OCH3 is 1. The van der Waals surface area contributed by atoms with Crippen molar-refractivity contribution < 1.29 is 4.74 Å². The summed E-state index contributed by atoms with van der Waals surface area (Å²) in [5, 5.41) is 4.53. The molecule has 0 spiro atoms. The zero-order chi connectivity index (χ0) is 15.5.